The third-order valence-corrected chi connectivity index (χ3v) is 4.92. The van der Waals surface area contributed by atoms with Crippen LogP contribution < -0.4 is 4.74 Å². The first-order chi connectivity index (χ1) is 13.7. The lowest BCUT2D eigenvalue weighted by Crippen LogP contribution is -2.20. The summed E-state index contributed by atoms with van der Waals surface area (Å²) in [5, 5.41) is 13.8. The topological polar surface area (TPSA) is 94.3 Å². The normalized spacial score (nSPS) is 14.6. The molecule has 0 aliphatic heterocycles. The van der Waals surface area contributed by atoms with Crippen LogP contribution in [0.4, 0.5) is 8.78 Å². The summed E-state index contributed by atoms with van der Waals surface area (Å²) in [7, 11) is 1.53. The number of allylic oxidation sites excluding steroid dienone is 2. The van der Waals surface area contributed by atoms with E-state index in [1.165, 1.54) is 18.0 Å². The molecular weight excluding hydrogens is 384 g/mol. The molecule has 0 radical (unpaired) electrons. The van der Waals surface area contributed by atoms with Crippen molar-refractivity contribution < 1.29 is 28.2 Å². The number of aliphatic hydroxyl groups is 1. The molecule has 0 aromatic carbocycles. The number of alkyl halides is 2. The molecule has 9 heteroatoms. The van der Waals surface area contributed by atoms with Gasteiger partial charge in [-0.05, 0) is 20.3 Å². The second-order valence-electron chi connectivity index (χ2n) is 6.90. The molecule has 0 atom stereocenters. The molecule has 2 aromatic heterocycles. The smallest absolute Gasteiger partial charge is 0.282 e. The van der Waals surface area contributed by atoms with Crippen molar-refractivity contribution in [2.45, 2.75) is 46.1 Å². The van der Waals surface area contributed by atoms with E-state index in [9.17, 15) is 23.5 Å². The van der Waals surface area contributed by atoms with Gasteiger partial charge in [-0.1, -0.05) is 0 Å². The van der Waals surface area contributed by atoms with Gasteiger partial charge in [0.1, 0.15) is 22.8 Å². The van der Waals surface area contributed by atoms with E-state index in [4.69, 9.17) is 4.74 Å². The standard InChI is InChI=1S/C20H21F2N3O4/c1-10-7-23-13(11(2)19(10)29-3)9-25-8-12(17(24-25)20(21)22)18(28)16-14(26)5-4-6-15(16)27/h7-8,20,26H,4-6,9H2,1-3H3. The Morgan fingerprint density at radius 3 is 2.69 bits per heavy atom. The van der Waals surface area contributed by atoms with Gasteiger partial charge in [0.25, 0.3) is 6.43 Å². The van der Waals surface area contributed by atoms with Gasteiger partial charge in [0.15, 0.2) is 5.78 Å². The molecule has 0 spiro atoms. The molecule has 1 aliphatic rings. The van der Waals surface area contributed by atoms with Gasteiger partial charge in [-0.3, -0.25) is 19.3 Å². The van der Waals surface area contributed by atoms with Crippen molar-refractivity contribution in [1.29, 1.82) is 0 Å². The molecule has 1 N–H and O–H groups in total. The first-order valence-corrected chi connectivity index (χ1v) is 9.09. The third kappa shape index (κ3) is 3.90. The highest BCUT2D eigenvalue weighted by atomic mass is 19.3. The predicted octanol–water partition coefficient (Wildman–Crippen LogP) is 3.64. The van der Waals surface area contributed by atoms with Crippen molar-refractivity contribution >= 4 is 11.6 Å². The maximum Gasteiger partial charge on any atom is 0.282 e. The van der Waals surface area contributed by atoms with Crippen LogP contribution in [0.25, 0.3) is 0 Å². The number of carbonyl (C=O) groups is 2. The van der Waals surface area contributed by atoms with Crippen LogP contribution in [-0.2, 0) is 11.3 Å². The molecule has 0 fully saturated rings. The number of ether oxygens (including phenoxy) is 1. The summed E-state index contributed by atoms with van der Waals surface area (Å²) >= 11 is 0. The van der Waals surface area contributed by atoms with E-state index in [0.717, 1.165) is 11.1 Å². The Morgan fingerprint density at radius 1 is 1.34 bits per heavy atom. The van der Waals surface area contributed by atoms with Gasteiger partial charge < -0.3 is 9.84 Å². The lowest BCUT2D eigenvalue weighted by atomic mass is 9.90. The fourth-order valence-electron chi connectivity index (χ4n) is 3.46. The highest BCUT2D eigenvalue weighted by Gasteiger charge is 2.32. The molecule has 0 unspecified atom stereocenters. The minimum absolute atomic E-state index is 0.0362. The Hall–Kier alpha value is -3.10. The quantitative estimate of drug-likeness (QED) is 0.583. The summed E-state index contributed by atoms with van der Waals surface area (Å²) in [4.78, 5) is 29.1. The highest BCUT2D eigenvalue weighted by molar-refractivity contribution is 6.27. The number of nitrogens with zero attached hydrogens (tertiary/aromatic N) is 3. The number of ketones is 2. The zero-order valence-corrected chi connectivity index (χ0v) is 16.3. The van der Waals surface area contributed by atoms with Gasteiger partial charge in [0.2, 0.25) is 5.78 Å². The number of aromatic nitrogens is 3. The number of hydrogen-bond acceptors (Lipinski definition) is 6. The molecule has 0 bridgehead atoms. The van der Waals surface area contributed by atoms with Crippen molar-refractivity contribution in [3.8, 4) is 5.75 Å². The first-order valence-electron chi connectivity index (χ1n) is 9.09. The molecule has 29 heavy (non-hydrogen) atoms. The Morgan fingerprint density at radius 2 is 2.07 bits per heavy atom. The SMILES string of the molecule is COc1c(C)cnc(Cn2cc(C(=O)C3=C(O)CCCC3=O)c(C(F)F)n2)c1C. The summed E-state index contributed by atoms with van der Waals surface area (Å²) in [6.07, 6.45) is 0.432. The van der Waals surface area contributed by atoms with Crippen LogP contribution in [0.3, 0.4) is 0 Å². The zero-order valence-electron chi connectivity index (χ0n) is 16.3. The van der Waals surface area contributed by atoms with E-state index >= 15 is 0 Å². The Kier molecular flexibility index (Phi) is 5.76. The molecule has 0 amide bonds. The minimum atomic E-state index is -3.02. The number of aryl methyl sites for hydroxylation is 1. The third-order valence-electron chi connectivity index (χ3n) is 4.92. The predicted molar refractivity (Wildman–Crippen MR) is 99.4 cm³/mol. The van der Waals surface area contributed by atoms with Crippen molar-refractivity contribution in [3.05, 3.63) is 51.8 Å². The van der Waals surface area contributed by atoms with Crippen molar-refractivity contribution in [1.82, 2.24) is 14.8 Å². The Balaban J connectivity index is 2.00. The fraction of sp³-hybridized carbons (Fsp3) is 0.400. The molecule has 2 aromatic rings. The van der Waals surface area contributed by atoms with Gasteiger partial charge in [-0.2, -0.15) is 5.10 Å². The van der Waals surface area contributed by atoms with Gasteiger partial charge in [-0.15, -0.1) is 0 Å². The van der Waals surface area contributed by atoms with E-state index in [0.29, 0.717) is 17.9 Å². The number of aliphatic hydroxyl groups excluding tert-OH is 1. The number of rotatable bonds is 6. The van der Waals surface area contributed by atoms with E-state index in [1.807, 2.05) is 6.92 Å². The van der Waals surface area contributed by atoms with Crippen LogP contribution in [0.2, 0.25) is 0 Å². The molecule has 3 rings (SSSR count). The van der Waals surface area contributed by atoms with E-state index in [2.05, 4.69) is 10.1 Å². The second-order valence-corrected chi connectivity index (χ2v) is 6.90. The number of hydrogen-bond donors (Lipinski definition) is 1. The number of halogens is 2. The van der Waals surface area contributed by atoms with Crippen LogP contribution in [-0.4, -0.2) is 38.5 Å². The second kappa shape index (κ2) is 8.10. The van der Waals surface area contributed by atoms with Crippen LogP contribution in [0.5, 0.6) is 5.75 Å². The van der Waals surface area contributed by atoms with Crippen LogP contribution in [0.1, 0.15) is 58.6 Å². The lowest BCUT2D eigenvalue weighted by Gasteiger charge is -2.13. The van der Waals surface area contributed by atoms with E-state index in [-0.39, 0.29) is 25.1 Å². The number of pyridine rings is 1. The zero-order chi connectivity index (χ0) is 21.3. The van der Waals surface area contributed by atoms with Crippen molar-refractivity contribution in [3.63, 3.8) is 0 Å². The van der Waals surface area contributed by atoms with Crippen LogP contribution >= 0.6 is 0 Å². The molecule has 0 saturated heterocycles. The van der Waals surface area contributed by atoms with Crippen LogP contribution in [0, 0.1) is 13.8 Å². The number of Topliss-reactive ketones (excluding diaryl/α,β-unsaturated/α-hetero) is 2. The number of methoxy groups -OCH3 is 1. The highest BCUT2D eigenvalue weighted by Crippen LogP contribution is 2.29. The van der Waals surface area contributed by atoms with Crippen LogP contribution in [0.15, 0.2) is 23.7 Å². The maximum absolute atomic E-state index is 13.5. The molecule has 2 heterocycles. The average Bonchev–Trinajstić information content (AvgIpc) is 3.08. The van der Waals surface area contributed by atoms with Crippen molar-refractivity contribution in [2.75, 3.05) is 7.11 Å². The number of carbonyl (C=O) groups excluding carboxylic acids is 2. The average molecular weight is 405 g/mol. The molecule has 154 valence electrons. The molecule has 1 aliphatic carbocycles. The van der Waals surface area contributed by atoms with Crippen molar-refractivity contribution in [2.24, 2.45) is 0 Å². The summed E-state index contributed by atoms with van der Waals surface area (Å²) < 4.78 is 33.6. The van der Waals surface area contributed by atoms with Gasteiger partial charge in [0.05, 0.1) is 24.9 Å². The molecule has 7 nitrogen and oxygen atoms in total. The summed E-state index contributed by atoms with van der Waals surface area (Å²) in [6, 6.07) is 0. The molecule has 0 saturated carbocycles. The summed E-state index contributed by atoms with van der Waals surface area (Å²) in [5.41, 5.74) is 0.558. The maximum atomic E-state index is 13.5. The molecular formula is C20H21F2N3O4. The van der Waals surface area contributed by atoms with Gasteiger partial charge in [-0.25, -0.2) is 8.78 Å². The summed E-state index contributed by atoms with van der Waals surface area (Å²) in [6.45, 7) is 3.67. The lowest BCUT2D eigenvalue weighted by molar-refractivity contribution is -0.116. The van der Waals surface area contributed by atoms with E-state index in [1.54, 1.807) is 13.1 Å². The first kappa shape index (κ1) is 20.6. The van der Waals surface area contributed by atoms with E-state index < -0.39 is 34.8 Å². The minimum Gasteiger partial charge on any atom is -0.511 e. The fourth-order valence-corrected chi connectivity index (χ4v) is 3.46. The van der Waals surface area contributed by atoms with Gasteiger partial charge in [0, 0.05) is 36.4 Å². The van der Waals surface area contributed by atoms with Gasteiger partial charge >= 0.3 is 0 Å². The Bertz CT molecular complexity index is 1010. The summed E-state index contributed by atoms with van der Waals surface area (Å²) in [5.74, 6) is -1.21. The Labute approximate surface area is 166 Å². The monoisotopic (exact) mass is 405 g/mol. The largest absolute Gasteiger partial charge is 0.511 e.